The van der Waals surface area contributed by atoms with Crippen molar-refractivity contribution in [2.75, 3.05) is 26.4 Å². The standard InChI is InChI=1S/C60H100O26/c1-24-35(65)40(70)45(75)50(77-24)84-47-42(72)37(67)29(21-62)80-53(47)83-34-19-55(3,4)18-27-26-10-11-32-57(6)14-13-33(58(7,23-64)31(57)12-15-60(32,9)59(26,8)17-16-56(27,34)5)82-52-48(43(73)38(68)28(20-61)79-52)86-54-49(44(74)39(69)30(22-63)81-54)85-51-46(76)41(71)36(66)25(2)78-51/h10,24-25,27-54,61-76H,11-23H2,1-9H3/t24-,25-,27-,28+,29+,30+,31+,32+,33-,34+,35-,36-,37+,38+,39-,40+,41+,42-,43-,44-,45+,46+,47+,48+,49+,50-,51-,52-,53-,54-,56+,57-,58-,59+,60+/m0/s1. The Morgan fingerprint density at radius 1 is 0.430 bits per heavy atom. The summed E-state index contributed by atoms with van der Waals surface area (Å²) < 4.78 is 62.2. The largest absolute Gasteiger partial charge is 0.396 e. The summed E-state index contributed by atoms with van der Waals surface area (Å²) in [6, 6.07) is 0. The van der Waals surface area contributed by atoms with Crippen molar-refractivity contribution in [2.24, 2.45) is 50.2 Å². The van der Waals surface area contributed by atoms with Crippen LogP contribution in [0.1, 0.15) is 120 Å². The maximum absolute atomic E-state index is 11.8. The molecule has 0 aromatic rings. The van der Waals surface area contributed by atoms with Gasteiger partial charge in [0.2, 0.25) is 0 Å². The van der Waals surface area contributed by atoms with Gasteiger partial charge in [-0.1, -0.05) is 60.1 Å². The van der Waals surface area contributed by atoms with Crippen LogP contribution in [-0.2, 0) is 47.4 Å². The maximum Gasteiger partial charge on any atom is 0.187 e. The van der Waals surface area contributed by atoms with Crippen LogP contribution < -0.4 is 0 Å². The fraction of sp³-hybridized carbons (Fsp3) is 0.967. The fourth-order valence-electron chi connectivity index (χ4n) is 18.1. The Hall–Kier alpha value is -1.30. The quantitative estimate of drug-likeness (QED) is 0.0621. The fourth-order valence-corrected chi connectivity index (χ4v) is 18.1. The summed E-state index contributed by atoms with van der Waals surface area (Å²) in [6.07, 6.45) is -32.1. The van der Waals surface area contributed by atoms with Crippen molar-refractivity contribution >= 4 is 0 Å². The van der Waals surface area contributed by atoms with Crippen LogP contribution in [0, 0.1) is 50.2 Å². The second-order valence-corrected chi connectivity index (χ2v) is 29.2. The van der Waals surface area contributed by atoms with Crippen molar-refractivity contribution in [2.45, 2.75) is 286 Å². The third-order valence-electron chi connectivity index (χ3n) is 23.7. The minimum Gasteiger partial charge on any atom is -0.396 e. The molecule has 86 heavy (non-hydrogen) atoms. The average Bonchev–Trinajstić information content (AvgIpc) is 0.690. The number of fused-ring (bicyclic) bond motifs is 7. The molecule has 26 nitrogen and oxygen atoms in total. The molecule has 5 saturated heterocycles. The summed E-state index contributed by atoms with van der Waals surface area (Å²) in [6.45, 7) is 16.1. The van der Waals surface area contributed by atoms with Gasteiger partial charge in [-0.2, -0.15) is 0 Å². The van der Waals surface area contributed by atoms with E-state index < -0.39 is 196 Å². The minimum absolute atomic E-state index is 0.0158. The van der Waals surface area contributed by atoms with Gasteiger partial charge in [0.15, 0.2) is 31.5 Å². The van der Waals surface area contributed by atoms with Crippen LogP contribution in [0.5, 0.6) is 0 Å². The van der Waals surface area contributed by atoms with Crippen molar-refractivity contribution in [3.63, 3.8) is 0 Å². The van der Waals surface area contributed by atoms with Crippen LogP contribution in [0.3, 0.4) is 0 Å². The lowest BCUT2D eigenvalue weighted by atomic mass is 9.33. The molecule has 26 heteroatoms. The number of rotatable bonds is 14. The van der Waals surface area contributed by atoms with Gasteiger partial charge in [0.1, 0.15) is 110 Å². The van der Waals surface area contributed by atoms with Crippen LogP contribution >= 0.6 is 0 Å². The molecule has 5 heterocycles. The second-order valence-electron chi connectivity index (χ2n) is 29.2. The Balaban J connectivity index is 0.898. The van der Waals surface area contributed by atoms with Gasteiger partial charge in [-0.25, -0.2) is 0 Å². The monoisotopic (exact) mass is 1240 g/mol. The van der Waals surface area contributed by atoms with Crippen molar-refractivity contribution < 1.29 is 129 Å². The molecule has 4 saturated carbocycles. The number of aliphatic hydroxyl groups excluding tert-OH is 16. The van der Waals surface area contributed by atoms with Crippen LogP contribution in [0.2, 0.25) is 0 Å². The first-order valence-electron chi connectivity index (χ1n) is 31.1. The highest BCUT2D eigenvalue weighted by Gasteiger charge is 2.70. The normalized spacial score (nSPS) is 56.6. The van der Waals surface area contributed by atoms with E-state index in [0.29, 0.717) is 25.7 Å². The Morgan fingerprint density at radius 3 is 1.33 bits per heavy atom. The van der Waals surface area contributed by atoms with Gasteiger partial charge in [-0.05, 0) is 111 Å². The zero-order valence-electron chi connectivity index (χ0n) is 50.8. The molecular formula is C60H100O26. The van der Waals surface area contributed by atoms with Gasteiger partial charge in [0, 0.05) is 10.8 Å². The van der Waals surface area contributed by atoms with E-state index >= 15 is 0 Å². The summed E-state index contributed by atoms with van der Waals surface area (Å²) >= 11 is 0. The molecular weight excluding hydrogens is 1140 g/mol. The SMILES string of the molecule is C[C@@H]1O[C@@H](O[C@H]2[C@H](O[C@H]3[C@H](O[C@H]4CC[C@@]5(C)[C@@H](CC[C@]6(C)[C@@H]5CC=C5[C@@H]7CC(C)(C)C[C@@H](O[C@@H]8O[C@H](CO)[C@@H](O)[C@H](O)[C@H]8O[C@@H]8O[C@@H](C)[C@H](O)[C@@H](O)[C@H]8O)[C@]7(C)CC[C@]56C)[C@]4(C)CO)O[C@H](CO)[C@@H](O)[C@@H]3O)O[C@H](CO)[C@H](O)[C@@H]2O)[C@H](O)[C@H](O)[C@H]1O. The number of aliphatic hydroxyl groups is 16. The van der Waals surface area contributed by atoms with Gasteiger partial charge < -0.3 is 129 Å². The average molecular weight is 1240 g/mol. The zero-order valence-corrected chi connectivity index (χ0v) is 50.8. The van der Waals surface area contributed by atoms with Gasteiger partial charge >= 0.3 is 0 Å². The van der Waals surface area contributed by atoms with Crippen molar-refractivity contribution in [3.8, 4) is 0 Å². The number of ether oxygens (including phenoxy) is 10. The van der Waals surface area contributed by atoms with E-state index in [2.05, 4.69) is 47.6 Å². The zero-order chi connectivity index (χ0) is 62.9. The second kappa shape index (κ2) is 24.9. The van der Waals surface area contributed by atoms with E-state index in [0.717, 1.165) is 32.1 Å². The van der Waals surface area contributed by atoms with Gasteiger partial charge in [-0.15, -0.1) is 0 Å². The van der Waals surface area contributed by atoms with E-state index in [-0.39, 0.29) is 46.0 Å². The molecule has 0 bridgehead atoms. The Labute approximate surface area is 501 Å². The smallest absolute Gasteiger partial charge is 0.187 e. The number of allylic oxidation sites excluding steroid dienone is 2. The molecule has 16 N–H and O–H groups in total. The van der Waals surface area contributed by atoms with E-state index in [1.54, 1.807) is 0 Å². The Bertz CT molecular complexity index is 2360. The predicted octanol–water partition coefficient (Wildman–Crippen LogP) is -2.71. The Kier molecular flexibility index (Phi) is 19.5. The van der Waals surface area contributed by atoms with Crippen LogP contribution in [-0.4, -0.2) is 274 Å². The molecule has 0 unspecified atom stereocenters. The predicted molar refractivity (Wildman–Crippen MR) is 294 cm³/mol. The maximum atomic E-state index is 11.8. The van der Waals surface area contributed by atoms with Crippen LogP contribution in [0.25, 0.3) is 0 Å². The highest BCUT2D eigenvalue weighted by molar-refractivity contribution is 5.34. The first-order valence-corrected chi connectivity index (χ1v) is 31.1. The molecule has 496 valence electrons. The van der Waals surface area contributed by atoms with E-state index in [4.69, 9.17) is 47.4 Å². The highest BCUT2D eigenvalue weighted by Crippen LogP contribution is 2.76. The highest BCUT2D eigenvalue weighted by atomic mass is 16.8. The van der Waals surface area contributed by atoms with E-state index in [1.807, 2.05) is 6.92 Å². The first-order chi connectivity index (χ1) is 40.3. The third-order valence-corrected chi connectivity index (χ3v) is 23.7. The molecule has 10 rings (SSSR count). The van der Waals surface area contributed by atoms with Crippen molar-refractivity contribution in [1.82, 2.24) is 0 Å². The van der Waals surface area contributed by atoms with Crippen LogP contribution in [0.4, 0.5) is 0 Å². The number of hydrogen-bond donors (Lipinski definition) is 16. The summed E-state index contributed by atoms with van der Waals surface area (Å²) in [5, 5.41) is 175. The van der Waals surface area contributed by atoms with Gasteiger partial charge in [0.05, 0.1) is 50.8 Å². The summed E-state index contributed by atoms with van der Waals surface area (Å²) in [7, 11) is 0. The summed E-state index contributed by atoms with van der Waals surface area (Å²) in [5.41, 5.74) is -1.30. The lowest BCUT2D eigenvalue weighted by Gasteiger charge is -2.72. The molecule has 0 spiro atoms. The molecule has 35 atom stereocenters. The topological polar surface area (TPSA) is 416 Å². The third kappa shape index (κ3) is 11.1. The molecule has 0 aromatic carbocycles. The molecule has 0 aromatic heterocycles. The van der Waals surface area contributed by atoms with E-state index in [1.165, 1.54) is 19.4 Å². The molecule has 0 radical (unpaired) electrons. The molecule has 9 fully saturated rings. The lowest BCUT2D eigenvalue weighted by Crippen LogP contribution is -2.68. The lowest BCUT2D eigenvalue weighted by molar-refractivity contribution is -0.398. The van der Waals surface area contributed by atoms with Gasteiger partial charge in [-0.3, -0.25) is 0 Å². The Morgan fingerprint density at radius 2 is 0.872 bits per heavy atom. The molecule has 5 aliphatic heterocycles. The molecule has 10 aliphatic rings. The summed E-state index contributed by atoms with van der Waals surface area (Å²) in [4.78, 5) is 0. The van der Waals surface area contributed by atoms with E-state index in [9.17, 15) is 81.7 Å². The number of hydrogen-bond acceptors (Lipinski definition) is 26. The first kappa shape index (κ1) is 67.6. The van der Waals surface area contributed by atoms with Crippen LogP contribution in [0.15, 0.2) is 11.6 Å². The van der Waals surface area contributed by atoms with Gasteiger partial charge in [0.25, 0.3) is 0 Å². The van der Waals surface area contributed by atoms with Crippen molar-refractivity contribution in [3.05, 3.63) is 11.6 Å². The minimum atomic E-state index is -1.91. The molecule has 5 aliphatic carbocycles. The molecule has 0 amide bonds. The summed E-state index contributed by atoms with van der Waals surface area (Å²) in [5.74, 6) is 0.000570. The van der Waals surface area contributed by atoms with Crippen molar-refractivity contribution in [1.29, 1.82) is 0 Å².